The summed E-state index contributed by atoms with van der Waals surface area (Å²) in [6.45, 7) is 1.93. The van der Waals surface area contributed by atoms with E-state index in [9.17, 15) is 13.2 Å². The van der Waals surface area contributed by atoms with E-state index in [-0.39, 0.29) is 23.1 Å². The van der Waals surface area contributed by atoms with Crippen LogP contribution in [0.15, 0.2) is 78.1 Å². The van der Waals surface area contributed by atoms with Crippen LogP contribution in [0.1, 0.15) is 16.2 Å². The first-order valence-corrected chi connectivity index (χ1v) is 12.1. The molecule has 8 nitrogen and oxygen atoms in total. The van der Waals surface area contributed by atoms with Crippen LogP contribution < -0.4 is 5.32 Å². The number of halogens is 1. The number of nitrogens with one attached hydrogen (secondary N) is 1. The van der Waals surface area contributed by atoms with E-state index in [4.69, 9.17) is 11.6 Å². The lowest BCUT2D eigenvalue weighted by Gasteiger charge is -2.10. The lowest BCUT2D eigenvalue weighted by Crippen LogP contribution is -2.15. The first kappa shape index (κ1) is 22.6. The highest BCUT2D eigenvalue weighted by atomic mass is 35.5. The third-order valence-electron chi connectivity index (χ3n) is 4.88. The van der Waals surface area contributed by atoms with Crippen molar-refractivity contribution in [2.24, 2.45) is 0 Å². The van der Waals surface area contributed by atoms with Crippen molar-refractivity contribution >= 4 is 33.0 Å². The predicted octanol–water partition coefficient (Wildman–Crippen LogP) is 4.03. The van der Waals surface area contributed by atoms with Crippen molar-refractivity contribution in [2.45, 2.75) is 18.4 Å². The fourth-order valence-electron chi connectivity index (χ4n) is 3.17. The molecule has 168 valence electrons. The van der Waals surface area contributed by atoms with E-state index >= 15 is 0 Å². The minimum atomic E-state index is -3.53. The Labute approximate surface area is 196 Å². The molecule has 0 saturated heterocycles. The van der Waals surface area contributed by atoms with Gasteiger partial charge in [0.05, 0.1) is 27.9 Å². The number of nitrogens with zero attached hydrogens (tertiary/aromatic N) is 4. The highest BCUT2D eigenvalue weighted by Gasteiger charge is 2.16. The molecule has 0 atom stereocenters. The molecule has 0 bridgehead atoms. The smallest absolute Gasteiger partial charge is 0.255 e. The molecule has 2 aromatic heterocycles. The maximum atomic E-state index is 12.7. The number of hydrogen-bond acceptors (Lipinski definition) is 6. The molecule has 1 amide bonds. The second kappa shape index (κ2) is 9.51. The molecule has 0 unspecified atom stereocenters. The molecule has 4 rings (SSSR count). The topological polar surface area (TPSA) is 107 Å². The van der Waals surface area contributed by atoms with Crippen molar-refractivity contribution in [3.63, 3.8) is 0 Å². The van der Waals surface area contributed by atoms with Crippen LogP contribution in [0.2, 0.25) is 5.02 Å². The van der Waals surface area contributed by atoms with Gasteiger partial charge in [0.15, 0.2) is 9.84 Å². The van der Waals surface area contributed by atoms with Gasteiger partial charge in [-0.05, 0) is 61.5 Å². The number of hydrogen-bond donors (Lipinski definition) is 1. The number of carbonyl (C=O) groups is 1. The number of anilines is 1. The lowest BCUT2D eigenvalue weighted by atomic mass is 10.1. The maximum absolute atomic E-state index is 12.7. The number of aromatic nitrogens is 4. The summed E-state index contributed by atoms with van der Waals surface area (Å²) >= 11 is 6.29. The van der Waals surface area contributed by atoms with Gasteiger partial charge in [-0.1, -0.05) is 17.7 Å². The van der Waals surface area contributed by atoms with Crippen molar-refractivity contribution < 1.29 is 13.2 Å². The summed E-state index contributed by atoms with van der Waals surface area (Å²) in [5.74, 6) is 0.0875. The van der Waals surface area contributed by atoms with E-state index in [1.165, 1.54) is 35.3 Å². The third-order valence-corrected chi connectivity index (χ3v) is 6.92. The SMILES string of the molecule is Cc1ncn(CCS(=O)(=O)c2ccc(C(=O)Nc3ccc(Cl)c(-c4ccccn4)c3)cc2)n1. The van der Waals surface area contributed by atoms with Gasteiger partial charge in [0, 0.05) is 23.0 Å². The quantitative estimate of drug-likeness (QED) is 0.427. The van der Waals surface area contributed by atoms with Crippen LogP contribution in [-0.4, -0.2) is 39.8 Å². The summed E-state index contributed by atoms with van der Waals surface area (Å²) in [7, 11) is -3.53. The molecule has 2 heterocycles. The normalized spacial score (nSPS) is 11.3. The Hall–Kier alpha value is -3.56. The average Bonchev–Trinajstić information content (AvgIpc) is 3.25. The molecule has 33 heavy (non-hydrogen) atoms. The Morgan fingerprint density at radius 1 is 1.06 bits per heavy atom. The third kappa shape index (κ3) is 5.44. The lowest BCUT2D eigenvalue weighted by molar-refractivity contribution is 0.102. The number of carbonyl (C=O) groups excluding carboxylic acids is 1. The molecule has 0 aliphatic carbocycles. The standard InChI is InChI=1S/C23H20ClN5O3S/c1-16-26-15-29(28-16)12-13-33(31,32)19-8-5-17(6-9-19)23(30)27-18-7-10-21(24)20(14-18)22-4-2-3-11-25-22/h2-11,14-15H,12-13H2,1H3,(H,27,30). The first-order chi connectivity index (χ1) is 15.8. The zero-order valence-electron chi connectivity index (χ0n) is 17.6. The molecule has 4 aromatic rings. The molecule has 0 aliphatic rings. The zero-order valence-corrected chi connectivity index (χ0v) is 19.2. The van der Waals surface area contributed by atoms with Crippen LogP contribution in [0.3, 0.4) is 0 Å². The molecule has 0 spiro atoms. The summed E-state index contributed by atoms with van der Waals surface area (Å²) in [6.07, 6.45) is 3.16. The van der Waals surface area contributed by atoms with Gasteiger partial charge in [-0.3, -0.25) is 14.5 Å². The fourth-order valence-corrected chi connectivity index (χ4v) is 4.59. The number of aryl methyl sites for hydroxylation is 2. The fraction of sp³-hybridized carbons (Fsp3) is 0.130. The largest absolute Gasteiger partial charge is 0.322 e. The van der Waals surface area contributed by atoms with Crippen molar-refractivity contribution in [3.8, 4) is 11.3 Å². The van der Waals surface area contributed by atoms with E-state index in [1.807, 2.05) is 18.2 Å². The molecular weight excluding hydrogens is 462 g/mol. The monoisotopic (exact) mass is 481 g/mol. The van der Waals surface area contributed by atoms with Gasteiger partial charge in [0.25, 0.3) is 5.91 Å². The van der Waals surface area contributed by atoms with E-state index in [2.05, 4.69) is 20.4 Å². The minimum absolute atomic E-state index is 0.123. The van der Waals surface area contributed by atoms with Crippen LogP contribution in [0, 0.1) is 6.92 Å². The predicted molar refractivity (Wildman–Crippen MR) is 126 cm³/mol. The number of amides is 1. The molecule has 0 radical (unpaired) electrons. The van der Waals surface area contributed by atoms with E-state index in [0.717, 1.165) is 0 Å². The van der Waals surface area contributed by atoms with Crippen LogP contribution in [0.4, 0.5) is 5.69 Å². The Morgan fingerprint density at radius 2 is 1.85 bits per heavy atom. The Balaban J connectivity index is 1.45. The summed E-state index contributed by atoms with van der Waals surface area (Å²) in [5.41, 5.74) is 2.26. The minimum Gasteiger partial charge on any atom is -0.322 e. The van der Waals surface area contributed by atoms with Crippen molar-refractivity contribution in [3.05, 3.63) is 89.6 Å². The molecule has 1 N–H and O–H groups in total. The number of sulfone groups is 1. The summed E-state index contributed by atoms with van der Waals surface area (Å²) in [6, 6.07) is 16.4. The average molecular weight is 482 g/mol. The van der Waals surface area contributed by atoms with E-state index < -0.39 is 9.84 Å². The zero-order chi connectivity index (χ0) is 23.4. The van der Waals surface area contributed by atoms with E-state index in [0.29, 0.717) is 33.4 Å². The number of pyridine rings is 1. The van der Waals surface area contributed by atoms with Gasteiger partial charge < -0.3 is 5.32 Å². The van der Waals surface area contributed by atoms with Crippen LogP contribution in [0.25, 0.3) is 11.3 Å². The van der Waals surface area contributed by atoms with Gasteiger partial charge in [0.2, 0.25) is 0 Å². The van der Waals surface area contributed by atoms with Gasteiger partial charge >= 0.3 is 0 Å². The van der Waals surface area contributed by atoms with Crippen molar-refractivity contribution in [1.29, 1.82) is 0 Å². The number of benzene rings is 2. The molecule has 10 heteroatoms. The van der Waals surface area contributed by atoms with Crippen molar-refractivity contribution in [1.82, 2.24) is 19.7 Å². The van der Waals surface area contributed by atoms with Crippen molar-refractivity contribution in [2.75, 3.05) is 11.1 Å². The van der Waals surface area contributed by atoms with Crippen LogP contribution in [-0.2, 0) is 16.4 Å². The molecule has 0 saturated carbocycles. The molecular formula is C23H20ClN5O3S. The summed E-state index contributed by atoms with van der Waals surface area (Å²) in [4.78, 5) is 21.1. The van der Waals surface area contributed by atoms with Crippen LogP contribution in [0.5, 0.6) is 0 Å². The van der Waals surface area contributed by atoms with Gasteiger partial charge in [0.1, 0.15) is 12.2 Å². The number of rotatable bonds is 7. The Kier molecular flexibility index (Phi) is 6.52. The van der Waals surface area contributed by atoms with Crippen LogP contribution >= 0.6 is 11.6 Å². The summed E-state index contributed by atoms with van der Waals surface area (Å²) in [5, 5.41) is 7.42. The van der Waals surface area contributed by atoms with Gasteiger partial charge in [-0.15, -0.1) is 0 Å². The molecule has 2 aromatic carbocycles. The second-order valence-electron chi connectivity index (χ2n) is 7.26. The van der Waals surface area contributed by atoms with Gasteiger partial charge in [-0.2, -0.15) is 5.10 Å². The molecule has 0 aliphatic heterocycles. The van der Waals surface area contributed by atoms with E-state index in [1.54, 1.807) is 31.3 Å². The van der Waals surface area contributed by atoms with Gasteiger partial charge in [-0.25, -0.2) is 13.4 Å². The highest BCUT2D eigenvalue weighted by Crippen LogP contribution is 2.29. The second-order valence-corrected chi connectivity index (χ2v) is 9.78. The Bertz CT molecular complexity index is 1390. The summed E-state index contributed by atoms with van der Waals surface area (Å²) < 4.78 is 26.7. The molecule has 0 fully saturated rings. The first-order valence-electron chi connectivity index (χ1n) is 10.0. The Morgan fingerprint density at radius 3 is 2.52 bits per heavy atom. The maximum Gasteiger partial charge on any atom is 0.255 e. The highest BCUT2D eigenvalue weighted by molar-refractivity contribution is 7.91.